The molecule has 4 aromatic rings. The lowest BCUT2D eigenvalue weighted by Gasteiger charge is -2.20. The summed E-state index contributed by atoms with van der Waals surface area (Å²) in [6.45, 7) is 3.66. The maximum absolute atomic E-state index is 13.2. The van der Waals surface area contributed by atoms with Crippen molar-refractivity contribution in [3.63, 3.8) is 0 Å². The average molecular weight is 697 g/mol. The molecule has 0 atom stereocenters. The van der Waals surface area contributed by atoms with Crippen LogP contribution in [0.4, 0.5) is 27.2 Å². The van der Waals surface area contributed by atoms with E-state index < -0.39 is 0 Å². The average Bonchev–Trinajstić information content (AvgIpc) is 3.76. The van der Waals surface area contributed by atoms with Crippen molar-refractivity contribution < 1.29 is 27.2 Å². The summed E-state index contributed by atoms with van der Waals surface area (Å²) in [6, 6.07) is 25.7. The van der Waals surface area contributed by atoms with Gasteiger partial charge < -0.3 is 20.9 Å². The van der Waals surface area contributed by atoms with Crippen LogP contribution in [0.5, 0.6) is 0 Å². The highest BCUT2D eigenvalue weighted by atomic mass is 35.5. The quantitative estimate of drug-likeness (QED) is 0.109. The first-order valence-electron chi connectivity index (χ1n) is 16.4. The van der Waals surface area contributed by atoms with E-state index in [4.69, 9.17) is 11.6 Å². The molecule has 4 amide bonds. The Morgan fingerprint density at radius 2 is 0.918 bits per heavy atom. The molecule has 2 saturated heterocycles. The van der Waals surface area contributed by atoms with Gasteiger partial charge >= 0.3 is 12.1 Å². The van der Waals surface area contributed by atoms with Gasteiger partial charge in [-0.15, -0.1) is 11.6 Å². The van der Waals surface area contributed by atoms with Gasteiger partial charge in [-0.1, -0.05) is 48.5 Å². The molecule has 4 aromatic carbocycles. The van der Waals surface area contributed by atoms with Gasteiger partial charge in [-0.05, 0) is 96.5 Å². The van der Waals surface area contributed by atoms with E-state index in [1.54, 1.807) is 53.4 Å². The van der Waals surface area contributed by atoms with Crippen LogP contribution in [0.1, 0.15) is 59.8 Å². The third-order valence-corrected chi connectivity index (χ3v) is 8.55. The summed E-state index contributed by atoms with van der Waals surface area (Å²) in [7, 11) is 0. The van der Waals surface area contributed by atoms with Gasteiger partial charge in [0.2, 0.25) is 0 Å². The number of alkyl halides is 1. The molecule has 2 heterocycles. The minimum absolute atomic E-state index is 0.0184. The van der Waals surface area contributed by atoms with E-state index in [1.165, 1.54) is 48.5 Å². The first-order chi connectivity index (χ1) is 23.7. The fraction of sp³-hybridized carbons (Fsp3) is 0.316. The molecule has 0 saturated carbocycles. The fourth-order valence-electron chi connectivity index (χ4n) is 5.74. The standard InChI is InChI=1S/C19H20F2N2O.C16H15ClF2.C3H6N2O/c20-16-7-3-14(4-8-16)18(15-5-9-17(21)10-6-15)2-1-12-23-13-11-22-19(23)24;17-11-1-2-16(12-3-7-14(18)8-4-12)13-5-9-15(19)10-6-13;6-3-4-1-2-5-3/h3-10,18H,1-2,11-13H2,(H,22,24);3-10,16H,1-2,11H2;1-2H2,(H2,4,5,6). The molecule has 3 N–H and O–H groups in total. The number of nitrogens with zero attached hydrogens (tertiary/aromatic N) is 1. The van der Waals surface area contributed by atoms with Crippen LogP contribution in [0.25, 0.3) is 0 Å². The third-order valence-electron chi connectivity index (χ3n) is 8.28. The molecule has 49 heavy (non-hydrogen) atoms. The molecule has 0 spiro atoms. The molecule has 0 bridgehead atoms. The zero-order valence-electron chi connectivity index (χ0n) is 27.1. The second kappa shape index (κ2) is 19.4. The second-order valence-electron chi connectivity index (χ2n) is 11.7. The number of amides is 4. The molecule has 2 aliphatic rings. The molecule has 6 nitrogen and oxygen atoms in total. The van der Waals surface area contributed by atoms with Crippen molar-refractivity contribution in [1.82, 2.24) is 20.9 Å². The zero-order chi connectivity index (χ0) is 35.0. The minimum Gasteiger partial charge on any atom is -0.336 e. The number of carbonyl (C=O) groups is 2. The Labute approximate surface area is 289 Å². The minimum atomic E-state index is -0.273. The summed E-state index contributed by atoms with van der Waals surface area (Å²) in [4.78, 5) is 23.4. The van der Waals surface area contributed by atoms with Crippen LogP contribution < -0.4 is 16.0 Å². The number of benzene rings is 4. The number of urea groups is 2. The maximum atomic E-state index is 13.2. The van der Waals surface area contributed by atoms with Crippen molar-refractivity contribution in [3.8, 4) is 0 Å². The summed E-state index contributed by atoms with van der Waals surface area (Å²) in [5.74, 6) is -0.288. The van der Waals surface area contributed by atoms with Gasteiger partial charge in [0, 0.05) is 50.4 Å². The number of rotatable bonds is 11. The smallest absolute Gasteiger partial charge is 0.317 e. The Morgan fingerprint density at radius 1 is 0.551 bits per heavy atom. The first-order valence-corrected chi connectivity index (χ1v) is 16.9. The lowest BCUT2D eigenvalue weighted by atomic mass is 9.87. The number of nitrogens with one attached hydrogen (secondary N) is 3. The van der Waals surface area contributed by atoms with Gasteiger partial charge in [0.25, 0.3) is 0 Å². The van der Waals surface area contributed by atoms with Crippen LogP contribution in [0.3, 0.4) is 0 Å². The molecule has 0 aliphatic carbocycles. The molecule has 260 valence electrons. The Balaban J connectivity index is 0.000000192. The predicted molar refractivity (Wildman–Crippen MR) is 185 cm³/mol. The van der Waals surface area contributed by atoms with E-state index in [0.29, 0.717) is 19.0 Å². The molecule has 0 aromatic heterocycles. The van der Waals surface area contributed by atoms with Crippen molar-refractivity contribution in [3.05, 3.63) is 143 Å². The summed E-state index contributed by atoms with van der Waals surface area (Å²) < 4.78 is 52.4. The summed E-state index contributed by atoms with van der Waals surface area (Å²) in [5, 5.41) is 7.93. The molecule has 2 fully saturated rings. The molecule has 0 unspecified atom stereocenters. The van der Waals surface area contributed by atoms with E-state index in [1.807, 2.05) is 0 Å². The van der Waals surface area contributed by atoms with E-state index in [0.717, 1.165) is 67.6 Å². The summed E-state index contributed by atoms with van der Waals surface area (Å²) >= 11 is 5.75. The van der Waals surface area contributed by atoms with Crippen molar-refractivity contribution in [2.24, 2.45) is 0 Å². The number of hydrogen-bond donors (Lipinski definition) is 3. The molecule has 11 heteroatoms. The van der Waals surface area contributed by atoms with Crippen molar-refractivity contribution in [2.45, 2.75) is 37.5 Å². The Hall–Kier alpha value is -4.57. The highest BCUT2D eigenvalue weighted by molar-refractivity contribution is 6.17. The predicted octanol–water partition coefficient (Wildman–Crippen LogP) is 8.32. The van der Waals surface area contributed by atoms with E-state index in [2.05, 4.69) is 16.0 Å². The van der Waals surface area contributed by atoms with Gasteiger partial charge in [-0.25, -0.2) is 27.2 Å². The third kappa shape index (κ3) is 12.1. The number of carbonyl (C=O) groups excluding carboxylic acids is 2. The Bertz CT molecular complexity index is 1490. The monoisotopic (exact) mass is 696 g/mol. The van der Waals surface area contributed by atoms with Crippen LogP contribution in [-0.2, 0) is 0 Å². The van der Waals surface area contributed by atoms with Gasteiger partial charge in [0.1, 0.15) is 23.3 Å². The van der Waals surface area contributed by atoms with E-state index in [-0.39, 0.29) is 47.2 Å². The zero-order valence-corrected chi connectivity index (χ0v) is 27.9. The van der Waals surface area contributed by atoms with Gasteiger partial charge in [-0.2, -0.15) is 0 Å². The highest BCUT2D eigenvalue weighted by Crippen LogP contribution is 2.31. The number of halogens is 5. The van der Waals surface area contributed by atoms with Crippen molar-refractivity contribution in [1.29, 1.82) is 0 Å². The molecule has 2 aliphatic heterocycles. The Kier molecular flexibility index (Phi) is 14.8. The largest absolute Gasteiger partial charge is 0.336 e. The fourth-order valence-corrected chi connectivity index (χ4v) is 5.89. The van der Waals surface area contributed by atoms with Crippen LogP contribution in [-0.4, -0.2) is 55.6 Å². The molecule has 6 rings (SSSR count). The first kappa shape index (κ1) is 37.3. The van der Waals surface area contributed by atoms with Crippen molar-refractivity contribution in [2.75, 3.05) is 38.6 Å². The second-order valence-corrected chi connectivity index (χ2v) is 12.1. The van der Waals surface area contributed by atoms with Gasteiger partial charge in [0.15, 0.2) is 0 Å². The number of hydrogen-bond acceptors (Lipinski definition) is 2. The Morgan fingerprint density at radius 3 is 1.20 bits per heavy atom. The van der Waals surface area contributed by atoms with Gasteiger partial charge in [-0.3, -0.25) is 0 Å². The van der Waals surface area contributed by atoms with Crippen molar-refractivity contribution >= 4 is 23.7 Å². The summed E-state index contributed by atoms with van der Waals surface area (Å²) in [6.07, 6.45) is 3.36. The van der Waals surface area contributed by atoms with Crippen LogP contribution >= 0.6 is 11.6 Å². The summed E-state index contributed by atoms with van der Waals surface area (Å²) in [5.41, 5.74) is 4.04. The molecular formula is C38H41ClF4N4O2. The topological polar surface area (TPSA) is 73.5 Å². The van der Waals surface area contributed by atoms with Gasteiger partial charge in [0.05, 0.1) is 0 Å². The SMILES string of the molecule is Fc1ccc(C(CCCCl)c2ccc(F)cc2)cc1.O=C1NCCN1.O=C1NCCN1CCCC(c1ccc(F)cc1)c1ccc(F)cc1. The van der Waals surface area contributed by atoms with Crippen LogP contribution in [0.15, 0.2) is 97.1 Å². The van der Waals surface area contributed by atoms with Crippen LogP contribution in [0, 0.1) is 23.3 Å². The van der Waals surface area contributed by atoms with E-state index in [9.17, 15) is 27.2 Å². The maximum Gasteiger partial charge on any atom is 0.317 e. The lowest BCUT2D eigenvalue weighted by Crippen LogP contribution is -2.29. The highest BCUT2D eigenvalue weighted by Gasteiger charge is 2.20. The van der Waals surface area contributed by atoms with Crippen LogP contribution in [0.2, 0.25) is 0 Å². The normalized spacial score (nSPS) is 13.7. The molecule has 0 radical (unpaired) electrons. The lowest BCUT2D eigenvalue weighted by molar-refractivity contribution is 0.216. The van der Waals surface area contributed by atoms with E-state index >= 15 is 0 Å². The molecular weight excluding hydrogens is 656 g/mol.